The topological polar surface area (TPSA) is 152 Å². The number of rotatable bonds is 8. The molecule has 0 saturated heterocycles. The minimum atomic E-state index is -1.05. The Hall–Kier alpha value is -2.59. The first-order chi connectivity index (χ1) is 12.8. The number of aliphatic carboxylic acids is 1. The maximum absolute atomic E-state index is 11.8. The van der Waals surface area contributed by atoms with Crippen molar-refractivity contribution in [2.45, 2.75) is 31.9 Å². The number of benzene rings is 1. The summed E-state index contributed by atoms with van der Waals surface area (Å²) in [6, 6.07) is 3.17. The van der Waals surface area contributed by atoms with Crippen molar-refractivity contribution in [3.63, 3.8) is 0 Å². The van der Waals surface area contributed by atoms with Crippen LogP contribution in [0.2, 0.25) is 0 Å². The normalized spacial score (nSPS) is 11.9. The number of carbonyl (C=O) groups excluding carboxylic acids is 1. The van der Waals surface area contributed by atoms with Gasteiger partial charge < -0.3 is 30.4 Å². The molecule has 2 rings (SSSR count). The summed E-state index contributed by atoms with van der Waals surface area (Å²) >= 11 is 3.18. The number of phenolic OH excluding ortho intramolecular Hbond substituents is 1. The van der Waals surface area contributed by atoms with Gasteiger partial charge in [-0.15, -0.1) is 0 Å². The Morgan fingerprint density at radius 1 is 1.30 bits per heavy atom. The molecule has 1 aromatic carbocycles. The van der Waals surface area contributed by atoms with Crippen molar-refractivity contribution in [1.82, 2.24) is 5.32 Å². The van der Waals surface area contributed by atoms with Crippen molar-refractivity contribution in [2.24, 2.45) is 5.73 Å². The first kappa shape index (κ1) is 20.7. The van der Waals surface area contributed by atoms with Crippen molar-refractivity contribution < 1.29 is 29.0 Å². The highest BCUT2D eigenvalue weighted by Gasteiger charge is 2.12. The SMILES string of the molecule is N[C@@H](CCCCNC(=O)OCc1cc(=O)oc2cc(O)c(Br)cc12)C(=O)O. The Labute approximate surface area is 162 Å². The van der Waals surface area contributed by atoms with Crippen molar-refractivity contribution in [2.75, 3.05) is 6.54 Å². The largest absolute Gasteiger partial charge is 0.507 e. The van der Waals surface area contributed by atoms with Crippen LogP contribution >= 0.6 is 15.9 Å². The molecule has 0 aliphatic heterocycles. The molecule has 0 spiro atoms. The predicted molar refractivity (Wildman–Crippen MR) is 99.5 cm³/mol. The van der Waals surface area contributed by atoms with Crippen molar-refractivity contribution in [3.8, 4) is 5.75 Å². The van der Waals surface area contributed by atoms with Gasteiger partial charge in [-0.25, -0.2) is 9.59 Å². The molecule has 9 nitrogen and oxygen atoms in total. The van der Waals surface area contributed by atoms with E-state index in [1.165, 1.54) is 12.1 Å². The number of carboxylic acids is 1. The third-order valence-electron chi connectivity index (χ3n) is 3.78. The van der Waals surface area contributed by atoms with Crippen LogP contribution < -0.4 is 16.7 Å². The number of fused-ring (bicyclic) bond motifs is 1. The molecule has 0 radical (unpaired) electrons. The van der Waals surface area contributed by atoms with Gasteiger partial charge in [-0.2, -0.15) is 0 Å². The minimum absolute atomic E-state index is 0.0796. The molecular formula is C17H19BrN2O7. The van der Waals surface area contributed by atoms with Gasteiger partial charge in [0, 0.05) is 29.6 Å². The fourth-order valence-corrected chi connectivity index (χ4v) is 2.70. The number of hydrogen-bond donors (Lipinski definition) is 4. The van der Waals surface area contributed by atoms with Gasteiger partial charge >= 0.3 is 17.7 Å². The van der Waals surface area contributed by atoms with Crippen LogP contribution in [0.1, 0.15) is 24.8 Å². The van der Waals surface area contributed by atoms with Crippen molar-refractivity contribution in [3.05, 3.63) is 38.7 Å². The Bertz CT molecular complexity index is 897. The van der Waals surface area contributed by atoms with Crippen LogP contribution in [-0.2, 0) is 16.1 Å². The smallest absolute Gasteiger partial charge is 0.407 e. The highest BCUT2D eigenvalue weighted by molar-refractivity contribution is 9.10. The van der Waals surface area contributed by atoms with E-state index in [1.54, 1.807) is 6.07 Å². The average molecular weight is 443 g/mol. The van der Waals surface area contributed by atoms with Gasteiger partial charge in [0.2, 0.25) is 0 Å². The number of aromatic hydroxyl groups is 1. The number of carbonyl (C=O) groups is 2. The molecule has 5 N–H and O–H groups in total. The molecule has 10 heteroatoms. The van der Waals surface area contributed by atoms with Crippen LogP contribution in [0.5, 0.6) is 5.75 Å². The third kappa shape index (κ3) is 5.97. The fourth-order valence-electron chi connectivity index (χ4n) is 2.35. The fraction of sp³-hybridized carbons (Fsp3) is 0.353. The van der Waals surface area contributed by atoms with Gasteiger partial charge in [-0.1, -0.05) is 0 Å². The summed E-state index contributed by atoms with van der Waals surface area (Å²) in [6.07, 6.45) is 0.756. The Morgan fingerprint density at radius 2 is 2.04 bits per heavy atom. The van der Waals surface area contributed by atoms with Gasteiger partial charge in [0.05, 0.1) is 4.47 Å². The summed E-state index contributed by atoms with van der Waals surface area (Å²) in [7, 11) is 0. The van der Waals surface area contributed by atoms with Crippen LogP contribution in [0.25, 0.3) is 11.0 Å². The van der Waals surface area contributed by atoms with E-state index in [-0.39, 0.29) is 17.9 Å². The summed E-state index contributed by atoms with van der Waals surface area (Å²) in [5.74, 6) is -1.13. The predicted octanol–water partition coefficient (Wildman–Crippen LogP) is 2.07. The lowest BCUT2D eigenvalue weighted by Crippen LogP contribution is -2.30. The van der Waals surface area contributed by atoms with E-state index in [0.29, 0.717) is 41.2 Å². The zero-order chi connectivity index (χ0) is 20.0. The van der Waals surface area contributed by atoms with Gasteiger partial charge in [-0.3, -0.25) is 4.79 Å². The second-order valence-corrected chi connectivity index (χ2v) is 6.69. The van der Waals surface area contributed by atoms with E-state index in [1.807, 2.05) is 0 Å². The van der Waals surface area contributed by atoms with Crippen LogP contribution in [0.4, 0.5) is 4.79 Å². The highest BCUT2D eigenvalue weighted by Crippen LogP contribution is 2.30. The molecule has 146 valence electrons. The minimum Gasteiger partial charge on any atom is -0.507 e. The average Bonchev–Trinajstić information content (AvgIpc) is 2.60. The van der Waals surface area contributed by atoms with Crippen LogP contribution in [0, 0.1) is 0 Å². The van der Waals surface area contributed by atoms with Crippen LogP contribution in [0.3, 0.4) is 0 Å². The summed E-state index contributed by atoms with van der Waals surface area (Å²) in [5.41, 5.74) is 5.37. The molecule has 0 aliphatic carbocycles. The number of unbranched alkanes of at least 4 members (excludes halogenated alkanes) is 1. The molecule has 0 fully saturated rings. The quantitative estimate of drug-likeness (QED) is 0.358. The zero-order valence-corrected chi connectivity index (χ0v) is 15.8. The summed E-state index contributed by atoms with van der Waals surface area (Å²) in [4.78, 5) is 34.0. The number of amides is 1. The van der Waals surface area contributed by atoms with E-state index in [2.05, 4.69) is 21.2 Å². The number of ether oxygens (including phenoxy) is 1. The van der Waals surface area contributed by atoms with Gasteiger partial charge in [0.1, 0.15) is 24.0 Å². The number of hydrogen-bond acceptors (Lipinski definition) is 7. The first-order valence-corrected chi connectivity index (χ1v) is 8.91. The molecule has 1 amide bonds. The molecular weight excluding hydrogens is 424 g/mol. The molecule has 27 heavy (non-hydrogen) atoms. The second kappa shape index (κ2) is 9.38. The summed E-state index contributed by atoms with van der Waals surface area (Å²) in [6.45, 7) is 0.150. The maximum atomic E-state index is 11.8. The molecule has 0 unspecified atom stereocenters. The number of carboxylic acid groups (broad SMARTS) is 1. The van der Waals surface area contributed by atoms with E-state index >= 15 is 0 Å². The molecule has 2 aromatic rings. The van der Waals surface area contributed by atoms with Crippen LogP contribution in [-0.4, -0.2) is 34.9 Å². The lowest BCUT2D eigenvalue weighted by molar-refractivity contribution is -0.138. The zero-order valence-electron chi connectivity index (χ0n) is 14.2. The van der Waals surface area contributed by atoms with E-state index in [0.717, 1.165) is 0 Å². The summed E-state index contributed by atoms with van der Waals surface area (Å²) < 4.78 is 10.5. The number of nitrogens with two attached hydrogens (primary N) is 1. The molecule has 1 atom stereocenters. The molecule has 0 aliphatic rings. The van der Waals surface area contributed by atoms with E-state index in [4.69, 9.17) is 20.0 Å². The number of halogens is 1. The lowest BCUT2D eigenvalue weighted by atomic mass is 10.1. The maximum Gasteiger partial charge on any atom is 0.407 e. The molecule has 0 saturated carbocycles. The molecule has 1 heterocycles. The number of phenols is 1. The Kier molecular flexibility index (Phi) is 7.19. The van der Waals surface area contributed by atoms with Crippen LogP contribution in [0.15, 0.2) is 31.9 Å². The lowest BCUT2D eigenvalue weighted by Gasteiger charge is -2.10. The number of alkyl carbamates (subject to hydrolysis) is 1. The molecule has 0 bridgehead atoms. The highest BCUT2D eigenvalue weighted by atomic mass is 79.9. The van der Waals surface area contributed by atoms with Gasteiger partial charge in [0.15, 0.2) is 0 Å². The molecule has 1 aromatic heterocycles. The first-order valence-electron chi connectivity index (χ1n) is 8.12. The van der Waals surface area contributed by atoms with Gasteiger partial charge in [0.25, 0.3) is 0 Å². The van der Waals surface area contributed by atoms with Crippen molar-refractivity contribution in [1.29, 1.82) is 0 Å². The van der Waals surface area contributed by atoms with E-state index in [9.17, 15) is 19.5 Å². The Morgan fingerprint density at radius 3 is 2.74 bits per heavy atom. The number of nitrogens with one attached hydrogen (secondary N) is 1. The monoisotopic (exact) mass is 442 g/mol. The summed E-state index contributed by atoms with van der Waals surface area (Å²) in [5, 5.41) is 21.4. The van der Waals surface area contributed by atoms with E-state index < -0.39 is 23.7 Å². The standard InChI is InChI=1S/C17H19BrN2O7/c18-11-6-10-9(5-15(22)27-14(10)7-13(11)21)8-26-17(25)20-4-2-1-3-12(19)16(23)24/h5-7,12,21H,1-4,8,19H2,(H,20,25)(H,23,24)/t12-/m0/s1. The second-order valence-electron chi connectivity index (χ2n) is 5.83. The van der Waals surface area contributed by atoms with Crippen molar-refractivity contribution >= 4 is 39.0 Å². The third-order valence-corrected chi connectivity index (χ3v) is 4.42. The van der Waals surface area contributed by atoms with Gasteiger partial charge in [-0.05, 0) is 41.3 Å². The Balaban J connectivity index is 1.87.